The van der Waals surface area contributed by atoms with Gasteiger partial charge < -0.3 is 9.47 Å². The van der Waals surface area contributed by atoms with Crippen molar-refractivity contribution in [3.05, 3.63) is 30.0 Å². The van der Waals surface area contributed by atoms with Gasteiger partial charge in [-0.25, -0.2) is 0 Å². The first-order chi connectivity index (χ1) is 9.46. The Balaban J connectivity index is 1.98. The van der Waals surface area contributed by atoms with Crippen molar-refractivity contribution in [2.75, 3.05) is 7.11 Å². The highest BCUT2D eigenvalue weighted by Gasteiger charge is 2.29. The molecule has 0 aliphatic carbocycles. The average molecular weight is 271 g/mol. The summed E-state index contributed by atoms with van der Waals surface area (Å²) >= 11 is 0. The number of methoxy groups -OCH3 is 1. The Bertz CT molecular complexity index is 643. The number of aromatic nitrogens is 1. The minimum absolute atomic E-state index is 0.253. The Hall–Kier alpha value is -1.77. The second-order valence-corrected chi connectivity index (χ2v) is 6.69. The zero-order valence-electron chi connectivity index (χ0n) is 12.6. The van der Waals surface area contributed by atoms with E-state index in [1.807, 2.05) is 18.3 Å². The fourth-order valence-corrected chi connectivity index (χ4v) is 2.89. The molecule has 0 saturated heterocycles. The summed E-state index contributed by atoms with van der Waals surface area (Å²) in [6, 6.07) is 6.01. The standard InChI is InChI=1S/C17H21NO2/c1-17(2,3)9-12-8-14-13-7-11(19-4)5-6-15(13)18-10-16(14)20-12/h5-7,10,12H,8-9H2,1-4H3. The van der Waals surface area contributed by atoms with E-state index >= 15 is 0 Å². The molecule has 0 bridgehead atoms. The van der Waals surface area contributed by atoms with Crippen LogP contribution in [-0.2, 0) is 6.42 Å². The van der Waals surface area contributed by atoms with Gasteiger partial charge in [0, 0.05) is 17.4 Å². The van der Waals surface area contributed by atoms with E-state index in [0.717, 1.165) is 35.2 Å². The van der Waals surface area contributed by atoms with Crippen LogP contribution in [0.15, 0.2) is 24.4 Å². The number of nitrogens with zero attached hydrogens (tertiary/aromatic N) is 1. The van der Waals surface area contributed by atoms with Gasteiger partial charge in [-0.2, -0.15) is 0 Å². The van der Waals surface area contributed by atoms with Crippen molar-refractivity contribution >= 4 is 10.9 Å². The maximum atomic E-state index is 6.06. The van der Waals surface area contributed by atoms with E-state index in [4.69, 9.17) is 9.47 Å². The zero-order valence-corrected chi connectivity index (χ0v) is 12.6. The number of fused-ring (bicyclic) bond motifs is 3. The summed E-state index contributed by atoms with van der Waals surface area (Å²) < 4.78 is 11.4. The van der Waals surface area contributed by atoms with Gasteiger partial charge in [0.05, 0.1) is 18.8 Å². The van der Waals surface area contributed by atoms with Crippen LogP contribution >= 0.6 is 0 Å². The number of hydrogen-bond donors (Lipinski definition) is 0. The van der Waals surface area contributed by atoms with E-state index in [0.29, 0.717) is 0 Å². The van der Waals surface area contributed by atoms with E-state index in [9.17, 15) is 0 Å². The summed E-state index contributed by atoms with van der Waals surface area (Å²) in [5.74, 6) is 1.80. The third-order valence-corrected chi connectivity index (χ3v) is 3.71. The number of hydrogen-bond acceptors (Lipinski definition) is 3. The summed E-state index contributed by atoms with van der Waals surface area (Å²) in [4.78, 5) is 4.48. The molecule has 2 heterocycles. The van der Waals surface area contributed by atoms with Crippen molar-refractivity contribution in [3.8, 4) is 11.5 Å². The number of benzene rings is 1. The molecule has 20 heavy (non-hydrogen) atoms. The van der Waals surface area contributed by atoms with E-state index in [1.165, 1.54) is 5.56 Å². The lowest BCUT2D eigenvalue weighted by atomic mass is 9.87. The largest absolute Gasteiger partial charge is 0.497 e. The van der Waals surface area contributed by atoms with Crippen molar-refractivity contribution in [3.63, 3.8) is 0 Å². The first-order valence-electron chi connectivity index (χ1n) is 7.08. The maximum Gasteiger partial charge on any atom is 0.141 e. The molecule has 1 aliphatic rings. The van der Waals surface area contributed by atoms with Crippen LogP contribution in [0.25, 0.3) is 10.9 Å². The van der Waals surface area contributed by atoms with Crippen molar-refractivity contribution in [2.45, 2.75) is 39.7 Å². The Kier molecular flexibility index (Phi) is 3.08. The molecule has 3 heteroatoms. The maximum absolute atomic E-state index is 6.06. The Labute approximate surface area is 119 Å². The van der Waals surface area contributed by atoms with Gasteiger partial charge in [-0.05, 0) is 30.0 Å². The van der Waals surface area contributed by atoms with Gasteiger partial charge in [0.1, 0.15) is 17.6 Å². The van der Waals surface area contributed by atoms with Crippen molar-refractivity contribution < 1.29 is 9.47 Å². The summed E-state index contributed by atoms with van der Waals surface area (Å²) in [6.45, 7) is 6.75. The SMILES string of the molecule is COc1ccc2ncc3c(c2c1)CC(CC(C)(C)C)O3. The van der Waals surface area contributed by atoms with Crippen LogP contribution in [-0.4, -0.2) is 18.2 Å². The lowest BCUT2D eigenvalue weighted by Crippen LogP contribution is -2.21. The van der Waals surface area contributed by atoms with Gasteiger partial charge in [0.15, 0.2) is 0 Å². The van der Waals surface area contributed by atoms with Gasteiger partial charge in [-0.1, -0.05) is 20.8 Å². The Morgan fingerprint density at radius 1 is 1.35 bits per heavy atom. The van der Waals surface area contributed by atoms with Crippen LogP contribution in [0.3, 0.4) is 0 Å². The van der Waals surface area contributed by atoms with Gasteiger partial charge in [0.25, 0.3) is 0 Å². The molecule has 0 amide bonds. The molecule has 3 nitrogen and oxygen atoms in total. The topological polar surface area (TPSA) is 31.4 Å². The Morgan fingerprint density at radius 3 is 2.85 bits per heavy atom. The highest BCUT2D eigenvalue weighted by atomic mass is 16.5. The smallest absolute Gasteiger partial charge is 0.141 e. The molecule has 1 unspecified atom stereocenters. The number of rotatable bonds is 2. The monoisotopic (exact) mass is 271 g/mol. The highest BCUT2D eigenvalue weighted by Crippen LogP contribution is 2.38. The quantitative estimate of drug-likeness (QED) is 0.827. The van der Waals surface area contributed by atoms with Gasteiger partial charge in [0.2, 0.25) is 0 Å². The van der Waals surface area contributed by atoms with Gasteiger partial charge in [-0.3, -0.25) is 4.98 Å². The molecule has 0 N–H and O–H groups in total. The molecular formula is C17H21NO2. The van der Waals surface area contributed by atoms with Crippen LogP contribution in [0, 0.1) is 5.41 Å². The van der Waals surface area contributed by atoms with Crippen LogP contribution < -0.4 is 9.47 Å². The third-order valence-electron chi connectivity index (χ3n) is 3.71. The molecule has 0 saturated carbocycles. The molecule has 1 aliphatic heterocycles. The summed E-state index contributed by atoms with van der Waals surface area (Å²) in [5, 5.41) is 1.15. The van der Waals surface area contributed by atoms with E-state index in [1.54, 1.807) is 7.11 Å². The summed E-state index contributed by atoms with van der Waals surface area (Å²) in [5.41, 5.74) is 2.54. The lowest BCUT2D eigenvalue weighted by molar-refractivity contribution is 0.166. The fraction of sp³-hybridized carbons (Fsp3) is 0.471. The normalized spacial score (nSPS) is 17.9. The predicted octanol–water partition coefficient (Wildman–Crippen LogP) is 3.98. The van der Waals surface area contributed by atoms with E-state index in [2.05, 4.69) is 31.8 Å². The van der Waals surface area contributed by atoms with Crippen LogP contribution in [0.5, 0.6) is 11.5 Å². The molecule has 0 radical (unpaired) electrons. The number of ether oxygens (including phenoxy) is 2. The molecule has 1 atom stereocenters. The van der Waals surface area contributed by atoms with Gasteiger partial charge >= 0.3 is 0 Å². The first-order valence-corrected chi connectivity index (χ1v) is 7.08. The summed E-state index contributed by atoms with van der Waals surface area (Å²) in [6.07, 6.45) is 4.11. The van der Waals surface area contributed by atoms with Crippen LogP contribution in [0.1, 0.15) is 32.8 Å². The lowest BCUT2D eigenvalue weighted by Gasteiger charge is -2.22. The molecule has 106 valence electrons. The van der Waals surface area contributed by atoms with E-state index < -0.39 is 0 Å². The van der Waals surface area contributed by atoms with Crippen molar-refractivity contribution in [1.29, 1.82) is 0 Å². The molecule has 2 aromatic rings. The first kappa shape index (κ1) is 13.2. The minimum Gasteiger partial charge on any atom is -0.497 e. The molecule has 1 aromatic carbocycles. The second-order valence-electron chi connectivity index (χ2n) is 6.69. The molecule has 3 rings (SSSR count). The summed E-state index contributed by atoms with van der Waals surface area (Å²) in [7, 11) is 1.69. The molecule has 0 fully saturated rings. The molecule has 0 spiro atoms. The third kappa shape index (κ3) is 2.45. The van der Waals surface area contributed by atoms with Crippen LogP contribution in [0.2, 0.25) is 0 Å². The fourth-order valence-electron chi connectivity index (χ4n) is 2.89. The van der Waals surface area contributed by atoms with Crippen molar-refractivity contribution in [2.24, 2.45) is 5.41 Å². The molecule has 1 aromatic heterocycles. The zero-order chi connectivity index (χ0) is 14.3. The number of pyridine rings is 1. The highest BCUT2D eigenvalue weighted by molar-refractivity contribution is 5.86. The average Bonchev–Trinajstić information content (AvgIpc) is 2.78. The minimum atomic E-state index is 0.253. The van der Waals surface area contributed by atoms with Crippen LogP contribution in [0.4, 0.5) is 0 Å². The Morgan fingerprint density at radius 2 is 2.15 bits per heavy atom. The van der Waals surface area contributed by atoms with Crippen molar-refractivity contribution in [1.82, 2.24) is 4.98 Å². The predicted molar refractivity (Wildman–Crippen MR) is 80.5 cm³/mol. The second kappa shape index (κ2) is 4.65. The molecular weight excluding hydrogens is 250 g/mol. The van der Waals surface area contributed by atoms with Gasteiger partial charge in [-0.15, -0.1) is 0 Å². The van der Waals surface area contributed by atoms with E-state index in [-0.39, 0.29) is 11.5 Å².